The summed E-state index contributed by atoms with van der Waals surface area (Å²) in [4.78, 5) is 11.7. The van der Waals surface area contributed by atoms with E-state index in [1.807, 2.05) is 23.8 Å². The molecule has 2 nitrogen and oxygen atoms in total. The zero-order valence-corrected chi connectivity index (χ0v) is 9.76. The van der Waals surface area contributed by atoms with Crippen LogP contribution in [0.25, 0.3) is 0 Å². The van der Waals surface area contributed by atoms with Gasteiger partial charge in [0, 0.05) is 24.0 Å². The zero-order valence-electron chi connectivity index (χ0n) is 8.94. The molecule has 1 aliphatic carbocycles. The summed E-state index contributed by atoms with van der Waals surface area (Å²) in [5.41, 5.74) is 0.875. The van der Waals surface area contributed by atoms with Gasteiger partial charge >= 0.3 is 0 Å². The van der Waals surface area contributed by atoms with Gasteiger partial charge < -0.3 is 4.74 Å². The topological polar surface area (TPSA) is 26.3 Å². The highest BCUT2D eigenvalue weighted by atomic mass is 32.1. The van der Waals surface area contributed by atoms with Crippen molar-refractivity contribution in [2.75, 3.05) is 6.61 Å². The fourth-order valence-corrected chi connectivity index (χ4v) is 2.68. The standard InChI is InChI=1S/C12H16O2S/c1-2-14-11-5-9(6-11)7-12(13)10-3-4-15-8-10/h3-4,8-9,11H,2,5-7H2,1H3. The van der Waals surface area contributed by atoms with E-state index in [4.69, 9.17) is 4.74 Å². The first-order chi connectivity index (χ1) is 7.29. The molecule has 1 heterocycles. The van der Waals surface area contributed by atoms with Crippen molar-refractivity contribution in [3.63, 3.8) is 0 Å². The second kappa shape index (κ2) is 4.90. The number of hydrogen-bond acceptors (Lipinski definition) is 3. The maximum atomic E-state index is 11.7. The molecule has 3 heteroatoms. The summed E-state index contributed by atoms with van der Waals surface area (Å²) in [5, 5.41) is 3.89. The Kier molecular flexibility index (Phi) is 3.54. The molecule has 1 aliphatic rings. The lowest BCUT2D eigenvalue weighted by Crippen LogP contribution is -2.32. The van der Waals surface area contributed by atoms with Crippen LogP contribution in [-0.2, 0) is 4.74 Å². The van der Waals surface area contributed by atoms with Crippen LogP contribution in [0.5, 0.6) is 0 Å². The van der Waals surface area contributed by atoms with Crippen molar-refractivity contribution in [2.24, 2.45) is 5.92 Å². The lowest BCUT2D eigenvalue weighted by Gasteiger charge is -2.34. The minimum absolute atomic E-state index is 0.288. The summed E-state index contributed by atoms with van der Waals surface area (Å²) in [5.74, 6) is 0.838. The SMILES string of the molecule is CCOC1CC(CC(=O)c2ccsc2)C1. The first-order valence-electron chi connectivity index (χ1n) is 5.46. The third kappa shape index (κ3) is 2.67. The minimum atomic E-state index is 0.288. The summed E-state index contributed by atoms with van der Waals surface area (Å²) in [6.45, 7) is 2.81. The molecular formula is C12H16O2S. The zero-order chi connectivity index (χ0) is 10.7. The highest BCUT2D eigenvalue weighted by Gasteiger charge is 2.31. The van der Waals surface area contributed by atoms with Crippen molar-refractivity contribution >= 4 is 17.1 Å². The van der Waals surface area contributed by atoms with Crippen LogP contribution in [0.15, 0.2) is 16.8 Å². The Morgan fingerprint density at radius 2 is 2.40 bits per heavy atom. The molecule has 0 amide bonds. The van der Waals surface area contributed by atoms with E-state index in [1.54, 1.807) is 11.3 Å². The first-order valence-corrected chi connectivity index (χ1v) is 6.41. The number of hydrogen-bond donors (Lipinski definition) is 0. The van der Waals surface area contributed by atoms with Crippen LogP contribution in [0.1, 0.15) is 36.5 Å². The molecule has 0 N–H and O–H groups in total. The van der Waals surface area contributed by atoms with Gasteiger partial charge in [0.15, 0.2) is 5.78 Å². The molecule has 15 heavy (non-hydrogen) atoms. The van der Waals surface area contributed by atoms with Crippen LogP contribution >= 0.6 is 11.3 Å². The van der Waals surface area contributed by atoms with E-state index in [0.717, 1.165) is 25.0 Å². The van der Waals surface area contributed by atoms with Gasteiger partial charge in [-0.15, -0.1) is 0 Å². The van der Waals surface area contributed by atoms with Gasteiger partial charge in [0.2, 0.25) is 0 Å². The summed E-state index contributed by atoms with van der Waals surface area (Å²) in [6.07, 6.45) is 3.23. The normalized spacial score (nSPS) is 24.9. The van der Waals surface area contributed by atoms with Gasteiger partial charge in [-0.05, 0) is 37.1 Å². The molecule has 0 atom stereocenters. The molecule has 0 aromatic carbocycles. The monoisotopic (exact) mass is 224 g/mol. The van der Waals surface area contributed by atoms with Crippen molar-refractivity contribution < 1.29 is 9.53 Å². The van der Waals surface area contributed by atoms with Gasteiger partial charge in [-0.2, -0.15) is 11.3 Å². The van der Waals surface area contributed by atoms with Crippen LogP contribution in [0.4, 0.5) is 0 Å². The van der Waals surface area contributed by atoms with Crippen molar-refractivity contribution in [1.82, 2.24) is 0 Å². The van der Waals surface area contributed by atoms with Crippen LogP contribution < -0.4 is 0 Å². The molecular weight excluding hydrogens is 208 g/mol. The number of carbonyl (C=O) groups excluding carboxylic acids is 1. The van der Waals surface area contributed by atoms with E-state index in [1.165, 1.54) is 0 Å². The molecule has 1 aromatic rings. The molecule has 1 saturated carbocycles. The molecule has 82 valence electrons. The van der Waals surface area contributed by atoms with Gasteiger partial charge in [0.1, 0.15) is 0 Å². The Morgan fingerprint density at radius 3 is 3.00 bits per heavy atom. The van der Waals surface area contributed by atoms with Gasteiger partial charge in [0.05, 0.1) is 6.10 Å². The van der Waals surface area contributed by atoms with Gasteiger partial charge in [-0.25, -0.2) is 0 Å². The molecule has 0 bridgehead atoms. The number of ether oxygens (including phenoxy) is 1. The molecule has 0 saturated heterocycles. The fourth-order valence-electron chi connectivity index (χ4n) is 2.02. The summed E-state index contributed by atoms with van der Waals surface area (Å²) in [7, 11) is 0. The van der Waals surface area contributed by atoms with E-state index >= 15 is 0 Å². The van der Waals surface area contributed by atoms with Gasteiger partial charge in [-0.1, -0.05) is 0 Å². The highest BCUT2D eigenvalue weighted by molar-refractivity contribution is 7.08. The average molecular weight is 224 g/mol. The predicted molar refractivity (Wildman–Crippen MR) is 61.4 cm³/mol. The largest absolute Gasteiger partial charge is 0.378 e. The quantitative estimate of drug-likeness (QED) is 0.718. The Balaban J connectivity index is 1.74. The van der Waals surface area contributed by atoms with Crippen LogP contribution in [0, 0.1) is 5.92 Å². The molecule has 0 aliphatic heterocycles. The Labute approximate surface area is 94.3 Å². The molecule has 1 fully saturated rings. The summed E-state index contributed by atoms with van der Waals surface area (Å²) >= 11 is 1.58. The third-order valence-corrected chi connectivity index (χ3v) is 3.60. The second-order valence-corrected chi connectivity index (χ2v) is 4.83. The maximum Gasteiger partial charge on any atom is 0.163 e. The molecule has 1 aromatic heterocycles. The van der Waals surface area contributed by atoms with Crippen LogP contribution in [0.3, 0.4) is 0 Å². The minimum Gasteiger partial charge on any atom is -0.378 e. The number of Topliss-reactive ketones (excluding diaryl/α,β-unsaturated/α-hetero) is 1. The third-order valence-electron chi connectivity index (χ3n) is 2.91. The number of thiophene rings is 1. The predicted octanol–water partition coefficient (Wildman–Crippen LogP) is 3.14. The number of rotatable bonds is 5. The smallest absolute Gasteiger partial charge is 0.163 e. The van der Waals surface area contributed by atoms with Crippen LogP contribution in [-0.4, -0.2) is 18.5 Å². The lowest BCUT2D eigenvalue weighted by atomic mass is 9.78. The Hall–Kier alpha value is -0.670. The van der Waals surface area contributed by atoms with Crippen molar-refractivity contribution in [2.45, 2.75) is 32.3 Å². The maximum absolute atomic E-state index is 11.7. The molecule has 0 spiro atoms. The van der Waals surface area contributed by atoms with Crippen molar-refractivity contribution in [3.8, 4) is 0 Å². The van der Waals surface area contributed by atoms with E-state index in [2.05, 4.69) is 0 Å². The highest BCUT2D eigenvalue weighted by Crippen LogP contribution is 2.33. The van der Waals surface area contributed by atoms with E-state index in [0.29, 0.717) is 18.4 Å². The van der Waals surface area contributed by atoms with E-state index < -0.39 is 0 Å². The second-order valence-electron chi connectivity index (χ2n) is 4.05. The van der Waals surface area contributed by atoms with Gasteiger partial charge in [-0.3, -0.25) is 4.79 Å². The van der Waals surface area contributed by atoms with Crippen molar-refractivity contribution in [1.29, 1.82) is 0 Å². The first kappa shape index (κ1) is 10.8. The number of carbonyl (C=O) groups is 1. The Morgan fingerprint density at radius 1 is 1.60 bits per heavy atom. The summed E-state index contributed by atoms with van der Waals surface area (Å²) in [6, 6.07) is 1.91. The average Bonchev–Trinajstić information content (AvgIpc) is 2.67. The number of ketones is 1. The molecule has 2 rings (SSSR count). The molecule has 0 radical (unpaired) electrons. The van der Waals surface area contributed by atoms with Gasteiger partial charge in [0.25, 0.3) is 0 Å². The lowest BCUT2D eigenvalue weighted by molar-refractivity contribution is -0.0246. The molecule has 0 unspecified atom stereocenters. The van der Waals surface area contributed by atoms with Crippen LogP contribution in [0.2, 0.25) is 0 Å². The van der Waals surface area contributed by atoms with E-state index in [-0.39, 0.29) is 5.78 Å². The Bertz CT molecular complexity index is 312. The fraction of sp³-hybridized carbons (Fsp3) is 0.583. The summed E-state index contributed by atoms with van der Waals surface area (Å²) < 4.78 is 5.47. The van der Waals surface area contributed by atoms with E-state index in [9.17, 15) is 4.79 Å². The van der Waals surface area contributed by atoms with Crippen molar-refractivity contribution in [3.05, 3.63) is 22.4 Å².